The zero-order valence-corrected chi connectivity index (χ0v) is 12.7. The highest BCUT2D eigenvalue weighted by Gasteiger charge is 2.25. The highest BCUT2D eigenvalue weighted by atomic mass is 16.5. The number of carbonyl (C=O) groups excluding carboxylic acids is 3. The molecule has 7 nitrogen and oxygen atoms in total. The Balaban J connectivity index is 3.51. The zero-order valence-electron chi connectivity index (χ0n) is 12.7. The van der Waals surface area contributed by atoms with Gasteiger partial charge in [0, 0.05) is 11.6 Å². The fraction of sp³-hybridized carbons (Fsp3) is 0.267. The van der Waals surface area contributed by atoms with Crippen molar-refractivity contribution in [2.24, 2.45) is 0 Å². The summed E-state index contributed by atoms with van der Waals surface area (Å²) < 4.78 is 19.0. The van der Waals surface area contributed by atoms with Gasteiger partial charge in [0.05, 0.1) is 34.0 Å². The minimum Gasteiger partial charge on any atom is -0.495 e. The molecule has 0 aliphatic heterocycles. The molecular weight excluding hydrogens is 292 g/mol. The van der Waals surface area contributed by atoms with Crippen molar-refractivity contribution in [3.8, 4) is 5.75 Å². The fourth-order valence-corrected chi connectivity index (χ4v) is 1.76. The standard InChI is InChI=1S/C15H16O7/c1-19-11(16)8-6-9-5-7-10(14(17)21-3)12(13(9)20-2)15(18)22-4/h5-8H,1-4H3. The number of methoxy groups -OCH3 is 4. The van der Waals surface area contributed by atoms with Crippen LogP contribution in [-0.2, 0) is 19.0 Å². The molecule has 0 radical (unpaired) electrons. The maximum atomic E-state index is 12.0. The van der Waals surface area contributed by atoms with Gasteiger partial charge in [0.1, 0.15) is 11.3 Å². The average Bonchev–Trinajstić information content (AvgIpc) is 2.56. The molecule has 0 aliphatic carbocycles. The first-order valence-corrected chi connectivity index (χ1v) is 6.13. The van der Waals surface area contributed by atoms with Gasteiger partial charge < -0.3 is 18.9 Å². The Morgan fingerprint density at radius 3 is 2.05 bits per heavy atom. The molecule has 0 saturated carbocycles. The number of hydrogen-bond donors (Lipinski definition) is 0. The van der Waals surface area contributed by atoms with E-state index in [1.54, 1.807) is 0 Å². The molecule has 1 aromatic carbocycles. The second kappa shape index (κ2) is 7.82. The lowest BCUT2D eigenvalue weighted by Crippen LogP contribution is -2.14. The van der Waals surface area contributed by atoms with E-state index in [0.29, 0.717) is 5.56 Å². The molecule has 0 unspecified atom stereocenters. The van der Waals surface area contributed by atoms with E-state index in [0.717, 1.165) is 6.08 Å². The van der Waals surface area contributed by atoms with E-state index in [4.69, 9.17) is 4.74 Å². The van der Waals surface area contributed by atoms with Gasteiger partial charge in [-0.3, -0.25) is 0 Å². The quantitative estimate of drug-likeness (QED) is 0.462. The lowest BCUT2D eigenvalue weighted by atomic mass is 10.0. The summed E-state index contributed by atoms with van der Waals surface area (Å²) in [6.45, 7) is 0. The van der Waals surface area contributed by atoms with Crippen molar-refractivity contribution in [1.82, 2.24) is 0 Å². The molecule has 1 rings (SSSR count). The van der Waals surface area contributed by atoms with Crippen LogP contribution in [0.15, 0.2) is 18.2 Å². The molecule has 0 amide bonds. The third kappa shape index (κ3) is 3.63. The predicted octanol–water partition coefficient (Wildman–Crippen LogP) is 1.45. The lowest BCUT2D eigenvalue weighted by Gasteiger charge is -2.13. The maximum Gasteiger partial charge on any atom is 0.342 e. The Kier molecular flexibility index (Phi) is 6.12. The first kappa shape index (κ1) is 17.2. The molecular formula is C15H16O7. The van der Waals surface area contributed by atoms with E-state index in [1.165, 1.54) is 46.6 Å². The normalized spacial score (nSPS) is 10.2. The van der Waals surface area contributed by atoms with Crippen LogP contribution >= 0.6 is 0 Å². The van der Waals surface area contributed by atoms with E-state index >= 15 is 0 Å². The minimum absolute atomic E-state index is 0.00131. The summed E-state index contributed by atoms with van der Waals surface area (Å²) in [5.41, 5.74) is 0.325. The average molecular weight is 308 g/mol. The Labute approximate surface area is 127 Å². The number of ether oxygens (including phenoxy) is 4. The van der Waals surface area contributed by atoms with Crippen molar-refractivity contribution in [3.63, 3.8) is 0 Å². The minimum atomic E-state index is -0.759. The third-order valence-electron chi connectivity index (χ3n) is 2.79. The van der Waals surface area contributed by atoms with Gasteiger partial charge in [0.25, 0.3) is 0 Å². The third-order valence-corrected chi connectivity index (χ3v) is 2.79. The van der Waals surface area contributed by atoms with Crippen molar-refractivity contribution < 1.29 is 33.3 Å². The van der Waals surface area contributed by atoms with Crippen LogP contribution < -0.4 is 4.74 Å². The summed E-state index contributed by atoms with van der Waals surface area (Å²) >= 11 is 0. The largest absolute Gasteiger partial charge is 0.495 e. The summed E-state index contributed by atoms with van der Waals surface area (Å²) in [6, 6.07) is 2.90. The molecule has 0 saturated heterocycles. The number of rotatable bonds is 5. The number of hydrogen-bond acceptors (Lipinski definition) is 7. The molecule has 1 aromatic rings. The Hall–Kier alpha value is -2.83. The van der Waals surface area contributed by atoms with Crippen LogP contribution in [0.5, 0.6) is 5.75 Å². The van der Waals surface area contributed by atoms with Crippen molar-refractivity contribution >= 4 is 24.0 Å². The van der Waals surface area contributed by atoms with E-state index in [-0.39, 0.29) is 16.9 Å². The van der Waals surface area contributed by atoms with Crippen LogP contribution in [0.25, 0.3) is 6.08 Å². The van der Waals surface area contributed by atoms with Crippen molar-refractivity contribution in [1.29, 1.82) is 0 Å². The van der Waals surface area contributed by atoms with Crippen molar-refractivity contribution in [3.05, 3.63) is 34.9 Å². The van der Waals surface area contributed by atoms with Gasteiger partial charge in [-0.1, -0.05) is 6.07 Å². The smallest absolute Gasteiger partial charge is 0.342 e. The molecule has 0 atom stereocenters. The molecule has 22 heavy (non-hydrogen) atoms. The molecule has 0 bridgehead atoms. The first-order chi connectivity index (χ1) is 10.5. The van der Waals surface area contributed by atoms with Crippen molar-refractivity contribution in [2.45, 2.75) is 0 Å². The molecule has 0 N–H and O–H groups in total. The van der Waals surface area contributed by atoms with Crippen LogP contribution in [0.2, 0.25) is 0 Å². The Morgan fingerprint density at radius 2 is 1.55 bits per heavy atom. The maximum absolute atomic E-state index is 12.0. The van der Waals surface area contributed by atoms with Gasteiger partial charge >= 0.3 is 17.9 Å². The van der Waals surface area contributed by atoms with Crippen LogP contribution in [-0.4, -0.2) is 46.3 Å². The Bertz CT molecular complexity index is 617. The molecule has 0 spiro atoms. The second-order valence-corrected chi connectivity index (χ2v) is 3.95. The highest BCUT2D eigenvalue weighted by Crippen LogP contribution is 2.29. The van der Waals surface area contributed by atoms with Gasteiger partial charge in [-0.2, -0.15) is 0 Å². The molecule has 0 heterocycles. The Morgan fingerprint density at radius 1 is 0.909 bits per heavy atom. The fourth-order valence-electron chi connectivity index (χ4n) is 1.76. The molecule has 0 aliphatic rings. The first-order valence-electron chi connectivity index (χ1n) is 6.13. The summed E-state index contributed by atoms with van der Waals surface area (Å²) in [4.78, 5) is 34.9. The van der Waals surface area contributed by atoms with Gasteiger partial charge in [-0.15, -0.1) is 0 Å². The topological polar surface area (TPSA) is 88.1 Å². The number of esters is 3. The SMILES string of the molecule is COC(=O)C=Cc1ccc(C(=O)OC)c(C(=O)OC)c1OC. The zero-order chi connectivity index (χ0) is 16.7. The molecule has 0 fully saturated rings. The monoisotopic (exact) mass is 308 g/mol. The summed E-state index contributed by atoms with van der Waals surface area (Å²) in [5.74, 6) is -1.94. The predicted molar refractivity (Wildman–Crippen MR) is 76.7 cm³/mol. The van der Waals surface area contributed by atoms with Crippen LogP contribution in [0.1, 0.15) is 26.3 Å². The lowest BCUT2D eigenvalue weighted by molar-refractivity contribution is -0.134. The van der Waals surface area contributed by atoms with Crippen LogP contribution in [0.4, 0.5) is 0 Å². The molecule has 0 aromatic heterocycles. The van der Waals surface area contributed by atoms with Gasteiger partial charge in [-0.25, -0.2) is 14.4 Å². The van der Waals surface area contributed by atoms with Crippen LogP contribution in [0, 0.1) is 0 Å². The van der Waals surface area contributed by atoms with Crippen molar-refractivity contribution in [2.75, 3.05) is 28.4 Å². The van der Waals surface area contributed by atoms with Gasteiger partial charge in [0.2, 0.25) is 0 Å². The highest BCUT2D eigenvalue weighted by molar-refractivity contribution is 6.06. The van der Waals surface area contributed by atoms with Gasteiger partial charge in [-0.05, 0) is 12.1 Å². The van der Waals surface area contributed by atoms with Crippen LogP contribution in [0.3, 0.4) is 0 Å². The van der Waals surface area contributed by atoms with E-state index in [9.17, 15) is 14.4 Å². The summed E-state index contributed by atoms with van der Waals surface area (Å²) in [6.07, 6.45) is 2.56. The number of carbonyl (C=O) groups is 3. The molecule has 7 heteroatoms. The van der Waals surface area contributed by atoms with E-state index in [2.05, 4.69) is 14.2 Å². The van der Waals surface area contributed by atoms with E-state index < -0.39 is 17.9 Å². The summed E-state index contributed by atoms with van der Waals surface area (Å²) in [5, 5.41) is 0. The van der Waals surface area contributed by atoms with E-state index in [1.807, 2.05) is 0 Å². The van der Waals surface area contributed by atoms with Gasteiger partial charge in [0.15, 0.2) is 0 Å². The number of benzene rings is 1. The molecule has 118 valence electrons. The second-order valence-electron chi connectivity index (χ2n) is 3.95. The summed E-state index contributed by atoms with van der Waals surface area (Å²) in [7, 11) is 4.95.